The van der Waals surface area contributed by atoms with Gasteiger partial charge >= 0.3 is 0 Å². The quantitative estimate of drug-likeness (QED) is 0.575. The molecule has 2 bridgehead atoms. The van der Waals surface area contributed by atoms with Crippen molar-refractivity contribution in [2.75, 3.05) is 7.05 Å². The Kier molecular flexibility index (Phi) is 5.89. The van der Waals surface area contributed by atoms with Crippen molar-refractivity contribution in [2.24, 2.45) is 0 Å². The van der Waals surface area contributed by atoms with Crippen molar-refractivity contribution in [1.29, 1.82) is 0 Å². The minimum absolute atomic E-state index is 0.240. The van der Waals surface area contributed by atoms with Crippen LogP contribution in [0.1, 0.15) is 41.7 Å². The molecule has 3 heterocycles. The van der Waals surface area contributed by atoms with E-state index < -0.39 is 0 Å². The second-order valence-electron chi connectivity index (χ2n) is 8.68. The number of aromatic nitrogens is 1. The van der Waals surface area contributed by atoms with Gasteiger partial charge in [0.2, 0.25) is 0 Å². The molecular formula is C25H26ClN3O3. The van der Waals surface area contributed by atoms with Gasteiger partial charge in [0.05, 0.1) is 0 Å². The normalized spacial score (nSPS) is 22.6. The lowest BCUT2D eigenvalue weighted by molar-refractivity contribution is 0.0661. The first-order chi connectivity index (χ1) is 15.5. The van der Waals surface area contributed by atoms with E-state index in [1.54, 1.807) is 18.2 Å². The molecule has 2 aliphatic heterocycles. The molecule has 1 aromatic heterocycles. The molecule has 0 unspecified atom stereocenters. The standard InChI is InChI=1S/C25H26ClN3O3/c1-29-19-9-10-20(29)13-22(12-19)31-21-4-2-3-16(11-21)15-27-25(30)23-14-24(32-28-23)17-5-7-18(26)8-6-17/h2-8,11,14,19-20,22H,9-10,12-13,15H2,1H3,(H,27,30)/t19-,20+,22+. The number of halogens is 1. The third-order valence-corrected chi connectivity index (χ3v) is 6.83. The maximum atomic E-state index is 12.5. The van der Waals surface area contributed by atoms with Gasteiger partial charge in [-0.3, -0.25) is 4.79 Å². The molecule has 3 aromatic rings. The van der Waals surface area contributed by atoms with E-state index in [2.05, 4.69) is 22.4 Å². The highest BCUT2D eigenvalue weighted by Gasteiger charge is 2.39. The number of piperidine rings is 1. The highest BCUT2D eigenvalue weighted by molar-refractivity contribution is 6.30. The minimum atomic E-state index is -0.285. The van der Waals surface area contributed by atoms with E-state index >= 15 is 0 Å². The zero-order valence-electron chi connectivity index (χ0n) is 18.0. The van der Waals surface area contributed by atoms with Gasteiger partial charge in [-0.15, -0.1) is 0 Å². The van der Waals surface area contributed by atoms with Crippen LogP contribution in [0.5, 0.6) is 5.75 Å². The van der Waals surface area contributed by atoms with Crippen LogP contribution in [0, 0.1) is 0 Å². The number of benzene rings is 2. The van der Waals surface area contributed by atoms with Crippen LogP contribution in [0.25, 0.3) is 11.3 Å². The number of hydrogen-bond donors (Lipinski definition) is 1. The van der Waals surface area contributed by atoms with E-state index in [0.717, 1.165) is 29.7 Å². The molecular weight excluding hydrogens is 426 g/mol. The molecule has 2 fully saturated rings. The van der Waals surface area contributed by atoms with E-state index in [9.17, 15) is 4.79 Å². The van der Waals surface area contributed by atoms with Crippen LogP contribution in [-0.4, -0.2) is 41.2 Å². The van der Waals surface area contributed by atoms with Crippen molar-refractivity contribution in [2.45, 2.75) is 50.4 Å². The predicted molar refractivity (Wildman–Crippen MR) is 123 cm³/mol. The maximum Gasteiger partial charge on any atom is 0.273 e. The molecule has 2 saturated heterocycles. The maximum absolute atomic E-state index is 12.5. The summed E-state index contributed by atoms with van der Waals surface area (Å²) in [5.41, 5.74) is 2.03. The lowest BCUT2D eigenvalue weighted by Crippen LogP contribution is -2.43. The molecule has 5 rings (SSSR count). The monoisotopic (exact) mass is 451 g/mol. The fraction of sp³-hybridized carbons (Fsp3) is 0.360. The summed E-state index contributed by atoms with van der Waals surface area (Å²) >= 11 is 5.92. The Morgan fingerprint density at radius 1 is 1.16 bits per heavy atom. The molecule has 32 heavy (non-hydrogen) atoms. The van der Waals surface area contributed by atoms with E-state index in [4.69, 9.17) is 20.9 Å². The number of nitrogens with zero attached hydrogens (tertiary/aromatic N) is 2. The Hall–Kier alpha value is -2.83. The van der Waals surface area contributed by atoms with Gasteiger partial charge in [0.15, 0.2) is 11.5 Å². The predicted octanol–water partition coefficient (Wildman–Crippen LogP) is 4.93. The third-order valence-electron chi connectivity index (χ3n) is 6.58. The number of carbonyl (C=O) groups is 1. The summed E-state index contributed by atoms with van der Waals surface area (Å²) in [4.78, 5) is 15.0. The number of ether oxygens (including phenoxy) is 1. The van der Waals surface area contributed by atoms with Gasteiger partial charge < -0.3 is 19.5 Å². The number of amides is 1. The molecule has 0 radical (unpaired) electrons. The number of rotatable bonds is 6. The van der Waals surface area contributed by atoms with Gasteiger partial charge in [0, 0.05) is 35.3 Å². The van der Waals surface area contributed by atoms with Gasteiger partial charge in [-0.05, 0) is 74.7 Å². The largest absolute Gasteiger partial charge is 0.490 e. The Morgan fingerprint density at radius 2 is 1.91 bits per heavy atom. The first kappa shape index (κ1) is 21.0. The van der Waals surface area contributed by atoms with Crippen LogP contribution < -0.4 is 10.1 Å². The zero-order chi connectivity index (χ0) is 22.1. The summed E-state index contributed by atoms with van der Waals surface area (Å²) in [5, 5.41) is 7.44. The summed E-state index contributed by atoms with van der Waals surface area (Å²) in [5.74, 6) is 1.10. The fourth-order valence-corrected chi connectivity index (χ4v) is 4.91. The summed E-state index contributed by atoms with van der Waals surface area (Å²) in [6, 6.07) is 18.0. The van der Waals surface area contributed by atoms with E-state index in [0.29, 0.717) is 29.4 Å². The SMILES string of the molecule is CN1[C@@H]2CC[C@H]1C[C@@H](Oc1cccc(CNC(=O)c3cc(-c4ccc(Cl)cc4)on3)c1)C2. The molecule has 7 heteroatoms. The van der Waals surface area contributed by atoms with Crippen molar-refractivity contribution >= 4 is 17.5 Å². The van der Waals surface area contributed by atoms with Crippen LogP contribution >= 0.6 is 11.6 Å². The van der Waals surface area contributed by atoms with E-state index in [1.165, 1.54) is 12.8 Å². The first-order valence-corrected chi connectivity index (χ1v) is 11.4. The Labute approximate surface area is 192 Å². The van der Waals surface area contributed by atoms with Crippen LogP contribution in [0.3, 0.4) is 0 Å². The Morgan fingerprint density at radius 3 is 2.66 bits per heavy atom. The highest BCUT2D eigenvalue weighted by atomic mass is 35.5. The Bertz CT molecular complexity index is 1080. The average Bonchev–Trinajstić information content (AvgIpc) is 3.35. The summed E-state index contributed by atoms with van der Waals surface area (Å²) in [6.45, 7) is 0.387. The van der Waals surface area contributed by atoms with Gasteiger partial charge in [-0.2, -0.15) is 0 Å². The van der Waals surface area contributed by atoms with Gasteiger partial charge in [-0.1, -0.05) is 28.9 Å². The molecule has 2 aliphatic rings. The van der Waals surface area contributed by atoms with E-state index in [1.807, 2.05) is 36.4 Å². The topological polar surface area (TPSA) is 67.6 Å². The van der Waals surface area contributed by atoms with Crippen LogP contribution in [0.15, 0.2) is 59.1 Å². The molecule has 166 valence electrons. The summed E-state index contributed by atoms with van der Waals surface area (Å²) in [6.07, 6.45) is 4.96. The molecule has 1 amide bonds. The van der Waals surface area contributed by atoms with Gasteiger partial charge in [0.1, 0.15) is 11.9 Å². The van der Waals surface area contributed by atoms with Crippen molar-refractivity contribution < 1.29 is 14.1 Å². The number of nitrogens with one attached hydrogen (secondary N) is 1. The lowest BCUT2D eigenvalue weighted by Gasteiger charge is -2.36. The smallest absolute Gasteiger partial charge is 0.273 e. The van der Waals surface area contributed by atoms with Crippen LogP contribution in [0.2, 0.25) is 5.02 Å². The molecule has 2 aromatic carbocycles. The van der Waals surface area contributed by atoms with Crippen molar-refractivity contribution in [3.63, 3.8) is 0 Å². The van der Waals surface area contributed by atoms with E-state index in [-0.39, 0.29) is 17.7 Å². The fourth-order valence-electron chi connectivity index (χ4n) is 4.78. The number of fused-ring (bicyclic) bond motifs is 2. The van der Waals surface area contributed by atoms with Crippen molar-refractivity contribution in [3.05, 3.63) is 70.9 Å². The molecule has 3 atom stereocenters. The molecule has 0 saturated carbocycles. The van der Waals surface area contributed by atoms with Gasteiger partial charge in [-0.25, -0.2) is 0 Å². The van der Waals surface area contributed by atoms with Crippen molar-refractivity contribution in [1.82, 2.24) is 15.4 Å². The summed E-state index contributed by atoms with van der Waals surface area (Å²) < 4.78 is 11.6. The average molecular weight is 452 g/mol. The lowest BCUT2D eigenvalue weighted by atomic mass is 10.0. The van der Waals surface area contributed by atoms with Crippen LogP contribution in [-0.2, 0) is 6.54 Å². The molecule has 0 spiro atoms. The minimum Gasteiger partial charge on any atom is -0.490 e. The first-order valence-electron chi connectivity index (χ1n) is 11.0. The molecule has 0 aliphatic carbocycles. The number of hydrogen-bond acceptors (Lipinski definition) is 5. The summed E-state index contributed by atoms with van der Waals surface area (Å²) in [7, 11) is 2.23. The van der Waals surface area contributed by atoms with Crippen LogP contribution in [0.4, 0.5) is 0 Å². The Balaban J connectivity index is 1.18. The molecule has 6 nitrogen and oxygen atoms in total. The highest BCUT2D eigenvalue weighted by Crippen LogP contribution is 2.36. The third kappa shape index (κ3) is 4.52. The molecule has 1 N–H and O–H groups in total. The van der Waals surface area contributed by atoms with Crippen molar-refractivity contribution in [3.8, 4) is 17.1 Å². The second-order valence-corrected chi connectivity index (χ2v) is 9.11. The number of carbonyl (C=O) groups excluding carboxylic acids is 1. The second kappa shape index (κ2) is 8.96. The zero-order valence-corrected chi connectivity index (χ0v) is 18.7. The van der Waals surface area contributed by atoms with Gasteiger partial charge in [0.25, 0.3) is 5.91 Å².